The van der Waals surface area contributed by atoms with Gasteiger partial charge in [-0.3, -0.25) is 9.59 Å². The summed E-state index contributed by atoms with van der Waals surface area (Å²) in [6.07, 6.45) is 1.74. The number of para-hydroxylation sites is 1. The van der Waals surface area contributed by atoms with Gasteiger partial charge in [0.1, 0.15) is 5.75 Å². The third-order valence-corrected chi connectivity index (χ3v) is 4.55. The van der Waals surface area contributed by atoms with Crippen LogP contribution in [0.25, 0.3) is 0 Å². The average Bonchev–Trinajstić information content (AvgIpc) is 3.08. The molecule has 3 rings (SSSR count). The fraction of sp³-hybridized carbons (Fsp3) is 0.333. The Labute approximate surface area is 154 Å². The van der Waals surface area contributed by atoms with Crippen LogP contribution in [0.2, 0.25) is 0 Å². The highest BCUT2D eigenvalue weighted by Crippen LogP contribution is 2.24. The molecule has 1 heterocycles. The van der Waals surface area contributed by atoms with Gasteiger partial charge in [-0.1, -0.05) is 25.1 Å². The molecule has 0 aromatic heterocycles. The van der Waals surface area contributed by atoms with Crippen LogP contribution in [-0.4, -0.2) is 24.5 Å². The van der Waals surface area contributed by atoms with Gasteiger partial charge < -0.3 is 15.0 Å². The van der Waals surface area contributed by atoms with Gasteiger partial charge in [-0.2, -0.15) is 0 Å². The van der Waals surface area contributed by atoms with Crippen molar-refractivity contribution in [3.05, 3.63) is 54.1 Å². The van der Waals surface area contributed by atoms with Gasteiger partial charge in [0.2, 0.25) is 5.91 Å². The van der Waals surface area contributed by atoms with E-state index in [0.717, 1.165) is 36.4 Å². The van der Waals surface area contributed by atoms with Crippen molar-refractivity contribution in [1.29, 1.82) is 0 Å². The Morgan fingerprint density at radius 1 is 1.19 bits per heavy atom. The van der Waals surface area contributed by atoms with E-state index in [1.54, 1.807) is 11.8 Å². The largest absolute Gasteiger partial charge is 0.481 e. The molecule has 0 spiro atoms. The van der Waals surface area contributed by atoms with Gasteiger partial charge >= 0.3 is 0 Å². The second-order valence-corrected chi connectivity index (χ2v) is 6.41. The van der Waals surface area contributed by atoms with Gasteiger partial charge in [0.15, 0.2) is 6.10 Å². The molecule has 1 atom stereocenters. The van der Waals surface area contributed by atoms with Crippen LogP contribution < -0.4 is 15.0 Å². The second-order valence-electron chi connectivity index (χ2n) is 6.41. The van der Waals surface area contributed by atoms with Crippen LogP contribution in [0, 0.1) is 0 Å². The maximum atomic E-state index is 12.4. The van der Waals surface area contributed by atoms with Crippen LogP contribution in [0.15, 0.2) is 48.5 Å². The van der Waals surface area contributed by atoms with E-state index < -0.39 is 6.10 Å². The first-order valence-electron chi connectivity index (χ1n) is 9.04. The van der Waals surface area contributed by atoms with Crippen molar-refractivity contribution in [2.24, 2.45) is 0 Å². The molecule has 5 nitrogen and oxygen atoms in total. The number of nitrogens with zero attached hydrogens (tertiary/aromatic N) is 1. The van der Waals surface area contributed by atoms with E-state index in [4.69, 9.17) is 4.74 Å². The number of hydrogen-bond donors (Lipinski definition) is 1. The van der Waals surface area contributed by atoms with E-state index in [1.807, 2.05) is 48.5 Å². The van der Waals surface area contributed by atoms with Crippen molar-refractivity contribution in [1.82, 2.24) is 0 Å². The highest BCUT2D eigenvalue weighted by atomic mass is 16.5. The van der Waals surface area contributed by atoms with Crippen LogP contribution in [0.5, 0.6) is 5.75 Å². The van der Waals surface area contributed by atoms with Gasteiger partial charge in [-0.15, -0.1) is 0 Å². The standard InChI is InChI=1S/C21H24N2O3/c1-3-16-7-4-5-8-19(16)26-15(2)21(25)22-17-10-12-18(13-11-17)23-14-6-9-20(23)24/h4-5,7-8,10-13,15H,3,6,9,14H2,1-2H3,(H,22,25)/t15-/m1/s1. The number of amides is 2. The zero-order valence-electron chi connectivity index (χ0n) is 15.2. The summed E-state index contributed by atoms with van der Waals surface area (Å²) in [5.74, 6) is 0.680. The molecule has 0 saturated carbocycles. The summed E-state index contributed by atoms with van der Waals surface area (Å²) in [5, 5.41) is 2.86. The van der Waals surface area contributed by atoms with Gasteiger partial charge in [-0.05, 0) is 55.7 Å². The van der Waals surface area contributed by atoms with Crippen molar-refractivity contribution in [3.63, 3.8) is 0 Å². The molecular weight excluding hydrogens is 328 g/mol. The number of carbonyl (C=O) groups excluding carboxylic acids is 2. The first-order valence-corrected chi connectivity index (χ1v) is 9.04. The topological polar surface area (TPSA) is 58.6 Å². The SMILES string of the molecule is CCc1ccccc1O[C@H](C)C(=O)Nc1ccc(N2CCCC2=O)cc1. The van der Waals surface area contributed by atoms with E-state index in [9.17, 15) is 9.59 Å². The number of rotatable bonds is 6. The Bertz CT molecular complexity index is 786. The van der Waals surface area contributed by atoms with Gasteiger partial charge in [-0.25, -0.2) is 0 Å². The summed E-state index contributed by atoms with van der Waals surface area (Å²) >= 11 is 0. The van der Waals surface area contributed by atoms with Gasteiger partial charge in [0.05, 0.1) is 0 Å². The third-order valence-electron chi connectivity index (χ3n) is 4.55. The van der Waals surface area contributed by atoms with Crippen LogP contribution >= 0.6 is 0 Å². The first kappa shape index (κ1) is 18.0. The normalized spacial score (nSPS) is 15.0. The Morgan fingerprint density at radius 3 is 2.58 bits per heavy atom. The van der Waals surface area contributed by atoms with E-state index >= 15 is 0 Å². The lowest BCUT2D eigenvalue weighted by molar-refractivity contribution is -0.122. The van der Waals surface area contributed by atoms with Gasteiger partial charge in [0, 0.05) is 24.3 Å². The molecule has 1 N–H and O–H groups in total. The summed E-state index contributed by atoms with van der Waals surface area (Å²) in [7, 11) is 0. The van der Waals surface area contributed by atoms with Crippen molar-refractivity contribution in [3.8, 4) is 5.75 Å². The van der Waals surface area contributed by atoms with E-state index in [0.29, 0.717) is 12.1 Å². The molecule has 1 fully saturated rings. The van der Waals surface area contributed by atoms with E-state index in [2.05, 4.69) is 12.2 Å². The predicted molar refractivity (Wildman–Crippen MR) is 103 cm³/mol. The molecule has 0 radical (unpaired) electrons. The number of aryl methyl sites for hydroxylation is 1. The summed E-state index contributed by atoms with van der Waals surface area (Å²) in [6, 6.07) is 15.1. The van der Waals surface area contributed by atoms with E-state index in [1.165, 1.54) is 0 Å². The third kappa shape index (κ3) is 4.04. The molecule has 136 valence electrons. The molecule has 0 unspecified atom stereocenters. The minimum Gasteiger partial charge on any atom is -0.481 e. The van der Waals surface area contributed by atoms with Crippen molar-refractivity contribution in [2.45, 2.75) is 39.2 Å². The number of carbonyl (C=O) groups is 2. The zero-order valence-corrected chi connectivity index (χ0v) is 15.2. The maximum Gasteiger partial charge on any atom is 0.265 e. The molecule has 1 aliphatic rings. The quantitative estimate of drug-likeness (QED) is 0.861. The molecule has 2 aromatic carbocycles. The monoisotopic (exact) mass is 352 g/mol. The summed E-state index contributed by atoms with van der Waals surface area (Å²) in [5.41, 5.74) is 2.63. The molecule has 2 amide bonds. The summed E-state index contributed by atoms with van der Waals surface area (Å²) < 4.78 is 5.82. The van der Waals surface area contributed by atoms with Crippen LogP contribution in [0.3, 0.4) is 0 Å². The van der Waals surface area contributed by atoms with Crippen molar-refractivity contribution in [2.75, 3.05) is 16.8 Å². The average molecular weight is 352 g/mol. The molecule has 26 heavy (non-hydrogen) atoms. The fourth-order valence-corrected chi connectivity index (χ4v) is 3.04. The minimum absolute atomic E-state index is 0.151. The molecule has 5 heteroatoms. The van der Waals surface area contributed by atoms with E-state index in [-0.39, 0.29) is 11.8 Å². The minimum atomic E-state index is -0.609. The Hall–Kier alpha value is -2.82. The Morgan fingerprint density at radius 2 is 1.92 bits per heavy atom. The zero-order chi connectivity index (χ0) is 18.5. The van der Waals surface area contributed by atoms with Crippen LogP contribution in [0.4, 0.5) is 11.4 Å². The summed E-state index contributed by atoms with van der Waals surface area (Å²) in [4.78, 5) is 26.0. The molecule has 0 bridgehead atoms. The molecule has 2 aromatic rings. The molecule has 0 aliphatic carbocycles. The van der Waals surface area contributed by atoms with Crippen molar-refractivity contribution < 1.29 is 14.3 Å². The maximum absolute atomic E-state index is 12.4. The smallest absolute Gasteiger partial charge is 0.265 e. The lowest BCUT2D eigenvalue weighted by atomic mass is 10.1. The number of ether oxygens (including phenoxy) is 1. The van der Waals surface area contributed by atoms with Crippen molar-refractivity contribution >= 4 is 23.2 Å². The molecule has 1 aliphatic heterocycles. The number of hydrogen-bond acceptors (Lipinski definition) is 3. The highest BCUT2D eigenvalue weighted by molar-refractivity contribution is 5.96. The number of benzene rings is 2. The number of nitrogens with one attached hydrogen (secondary N) is 1. The fourth-order valence-electron chi connectivity index (χ4n) is 3.04. The second kappa shape index (κ2) is 8.04. The number of anilines is 2. The Balaban J connectivity index is 1.61. The van der Waals surface area contributed by atoms with Gasteiger partial charge in [0.25, 0.3) is 5.91 Å². The lowest BCUT2D eigenvalue weighted by Gasteiger charge is -2.18. The van der Waals surface area contributed by atoms with Crippen LogP contribution in [0.1, 0.15) is 32.3 Å². The lowest BCUT2D eigenvalue weighted by Crippen LogP contribution is -2.30. The molecule has 1 saturated heterocycles. The highest BCUT2D eigenvalue weighted by Gasteiger charge is 2.21. The Kier molecular flexibility index (Phi) is 5.56. The molecular formula is C21H24N2O3. The first-order chi connectivity index (χ1) is 12.6. The van der Waals surface area contributed by atoms with Crippen LogP contribution in [-0.2, 0) is 16.0 Å². The predicted octanol–water partition coefficient (Wildman–Crippen LogP) is 3.78. The summed E-state index contributed by atoms with van der Waals surface area (Å²) in [6.45, 7) is 4.55.